The van der Waals surface area contributed by atoms with E-state index in [-0.39, 0.29) is 23.2 Å². The van der Waals surface area contributed by atoms with Gasteiger partial charge in [-0.25, -0.2) is 9.97 Å². The second-order valence-electron chi connectivity index (χ2n) is 5.52. The Morgan fingerprint density at radius 2 is 2.00 bits per heavy atom. The highest BCUT2D eigenvalue weighted by Gasteiger charge is 2.20. The summed E-state index contributed by atoms with van der Waals surface area (Å²) in [6, 6.07) is 8.11. The summed E-state index contributed by atoms with van der Waals surface area (Å²) in [5, 5.41) is 22.4. The van der Waals surface area contributed by atoms with Gasteiger partial charge >= 0.3 is 0 Å². The Balaban J connectivity index is 1.78. The lowest BCUT2D eigenvalue weighted by Crippen LogP contribution is -2.31. The first kappa shape index (κ1) is 14.3. The number of amides is 1. The number of hydrogen-bond acceptors (Lipinski definition) is 5. The number of aromatic amines is 1. The molecule has 0 atom stereocenters. The number of aromatic nitrogens is 3. The number of carbonyl (C=O) groups excluding carboxylic acids is 1. The fourth-order valence-corrected chi connectivity index (χ4v) is 2.78. The first-order chi connectivity index (χ1) is 11.6. The minimum Gasteiger partial charge on any atom is -0.504 e. The molecule has 7 nitrogen and oxygen atoms in total. The van der Waals surface area contributed by atoms with E-state index in [2.05, 4.69) is 20.3 Å². The monoisotopic (exact) mass is 322 g/mol. The second kappa shape index (κ2) is 5.38. The summed E-state index contributed by atoms with van der Waals surface area (Å²) in [6.45, 7) is 0.609. The number of rotatable bonds is 2. The Bertz CT molecular complexity index is 949. The number of benzene rings is 1. The Morgan fingerprint density at radius 3 is 2.83 bits per heavy atom. The average molecular weight is 322 g/mol. The molecule has 0 spiro atoms. The summed E-state index contributed by atoms with van der Waals surface area (Å²) in [5.74, 6) is -0.301. The third-order valence-corrected chi connectivity index (χ3v) is 3.99. The van der Waals surface area contributed by atoms with E-state index in [1.807, 2.05) is 0 Å². The first-order valence-corrected chi connectivity index (χ1v) is 7.48. The van der Waals surface area contributed by atoms with E-state index < -0.39 is 0 Å². The van der Waals surface area contributed by atoms with Crippen LogP contribution < -0.4 is 5.32 Å². The lowest BCUT2D eigenvalue weighted by atomic mass is 10.1. The maximum absolute atomic E-state index is 11.9. The quantitative estimate of drug-likeness (QED) is 0.538. The molecular weight excluding hydrogens is 308 g/mol. The Hall–Kier alpha value is -3.35. The van der Waals surface area contributed by atoms with Crippen LogP contribution in [0.15, 0.2) is 36.5 Å². The van der Waals surface area contributed by atoms with Gasteiger partial charge in [0.2, 0.25) is 0 Å². The number of H-pyrrole nitrogens is 1. The SMILES string of the molecule is O=C1NCCc2[nH]c(-c3ccnc(-c4cccc(O)c4O)n3)cc21. The number of nitrogens with one attached hydrogen (secondary N) is 2. The molecular formula is C17H14N4O3. The van der Waals surface area contributed by atoms with Gasteiger partial charge in [0.05, 0.1) is 22.5 Å². The lowest BCUT2D eigenvalue weighted by molar-refractivity contribution is 0.0946. The summed E-state index contributed by atoms with van der Waals surface area (Å²) in [7, 11) is 0. The van der Waals surface area contributed by atoms with Crippen LogP contribution in [-0.2, 0) is 6.42 Å². The summed E-state index contributed by atoms with van der Waals surface area (Å²) >= 11 is 0. The zero-order valence-corrected chi connectivity index (χ0v) is 12.6. The van der Waals surface area contributed by atoms with Crippen molar-refractivity contribution in [3.05, 3.63) is 47.8 Å². The van der Waals surface area contributed by atoms with Crippen LogP contribution in [0.3, 0.4) is 0 Å². The van der Waals surface area contributed by atoms with Crippen LogP contribution in [0.4, 0.5) is 0 Å². The standard InChI is InChI=1S/C17H14N4O3/c22-14-3-1-2-9(15(14)23)16-18-6-5-12(21-16)13-8-10-11(20-13)4-7-19-17(10)24/h1-3,5-6,8,20,22-23H,4,7H2,(H,19,24). The van der Waals surface area contributed by atoms with Gasteiger partial charge < -0.3 is 20.5 Å². The van der Waals surface area contributed by atoms with Crippen molar-refractivity contribution in [1.29, 1.82) is 0 Å². The molecule has 3 aromatic rings. The van der Waals surface area contributed by atoms with Gasteiger partial charge in [0.15, 0.2) is 17.3 Å². The molecule has 4 rings (SSSR count). The second-order valence-corrected chi connectivity index (χ2v) is 5.52. The van der Waals surface area contributed by atoms with Crippen molar-refractivity contribution in [2.45, 2.75) is 6.42 Å². The predicted octanol–water partition coefficient (Wildman–Crippen LogP) is 1.84. The van der Waals surface area contributed by atoms with Gasteiger partial charge in [-0.1, -0.05) is 6.07 Å². The molecule has 1 aliphatic heterocycles. The molecule has 0 fully saturated rings. The normalized spacial score (nSPS) is 13.4. The fraction of sp³-hybridized carbons (Fsp3) is 0.118. The van der Waals surface area contributed by atoms with Gasteiger partial charge in [0.1, 0.15) is 0 Å². The molecule has 0 unspecified atom stereocenters. The molecule has 1 amide bonds. The average Bonchev–Trinajstić information content (AvgIpc) is 3.03. The van der Waals surface area contributed by atoms with Crippen LogP contribution in [0.2, 0.25) is 0 Å². The highest BCUT2D eigenvalue weighted by molar-refractivity contribution is 5.97. The summed E-state index contributed by atoms with van der Waals surface area (Å²) in [5.41, 5.74) is 3.15. The minimum absolute atomic E-state index is 0.0985. The zero-order valence-electron chi connectivity index (χ0n) is 12.6. The molecule has 1 aliphatic rings. The van der Waals surface area contributed by atoms with Crippen LogP contribution >= 0.6 is 0 Å². The minimum atomic E-state index is -0.264. The van der Waals surface area contributed by atoms with Crippen molar-refractivity contribution in [1.82, 2.24) is 20.3 Å². The van der Waals surface area contributed by atoms with E-state index in [0.29, 0.717) is 29.1 Å². The van der Waals surface area contributed by atoms with E-state index in [1.54, 1.807) is 30.5 Å². The Morgan fingerprint density at radius 1 is 1.12 bits per heavy atom. The molecule has 0 radical (unpaired) electrons. The van der Waals surface area contributed by atoms with Crippen molar-refractivity contribution in [2.24, 2.45) is 0 Å². The first-order valence-electron chi connectivity index (χ1n) is 7.48. The molecule has 3 heterocycles. The van der Waals surface area contributed by atoms with Crippen molar-refractivity contribution in [3.8, 4) is 34.3 Å². The predicted molar refractivity (Wildman–Crippen MR) is 86.6 cm³/mol. The molecule has 7 heteroatoms. The number of phenols is 2. The highest BCUT2D eigenvalue weighted by Crippen LogP contribution is 2.34. The van der Waals surface area contributed by atoms with E-state index in [9.17, 15) is 15.0 Å². The van der Waals surface area contributed by atoms with Gasteiger partial charge in [-0.15, -0.1) is 0 Å². The number of phenolic OH excluding ortho intramolecular Hbond substituents is 2. The molecule has 120 valence electrons. The number of hydrogen-bond donors (Lipinski definition) is 4. The van der Waals surface area contributed by atoms with E-state index in [0.717, 1.165) is 12.1 Å². The molecule has 4 N–H and O–H groups in total. The fourth-order valence-electron chi connectivity index (χ4n) is 2.78. The molecule has 24 heavy (non-hydrogen) atoms. The molecule has 0 saturated carbocycles. The molecule has 0 aliphatic carbocycles. The van der Waals surface area contributed by atoms with Gasteiger partial charge in [0.25, 0.3) is 5.91 Å². The van der Waals surface area contributed by atoms with E-state index in [4.69, 9.17) is 0 Å². The van der Waals surface area contributed by atoms with E-state index in [1.165, 1.54) is 6.07 Å². The third-order valence-electron chi connectivity index (χ3n) is 3.99. The van der Waals surface area contributed by atoms with Gasteiger partial charge in [0, 0.05) is 24.9 Å². The Kier molecular flexibility index (Phi) is 3.19. The maximum atomic E-state index is 11.9. The molecule has 0 saturated heterocycles. The zero-order chi connectivity index (χ0) is 16.7. The molecule has 1 aromatic carbocycles. The van der Waals surface area contributed by atoms with Crippen molar-refractivity contribution in [3.63, 3.8) is 0 Å². The summed E-state index contributed by atoms with van der Waals surface area (Å²) < 4.78 is 0. The maximum Gasteiger partial charge on any atom is 0.253 e. The van der Waals surface area contributed by atoms with Crippen molar-refractivity contribution < 1.29 is 15.0 Å². The van der Waals surface area contributed by atoms with Gasteiger partial charge in [-0.05, 0) is 24.3 Å². The van der Waals surface area contributed by atoms with Crippen LogP contribution in [-0.4, -0.2) is 37.6 Å². The van der Waals surface area contributed by atoms with Crippen LogP contribution in [0, 0.1) is 0 Å². The number of aromatic hydroxyl groups is 2. The number of fused-ring (bicyclic) bond motifs is 1. The third kappa shape index (κ3) is 2.26. The summed E-state index contributed by atoms with van der Waals surface area (Å²) in [6.07, 6.45) is 2.31. The summed E-state index contributed by atoms with van der Waals surface area (Å²) in [4.78, 5) is 23.7. The van der Waals surface area contributed by atoms with Crippen LogP contribution in [0.1, 0.15) is 16.1 Å². The van der Waals surface area contributed by atoms with Crippen molar-refractivity contribution in [2.75, 3.05) is 6.54 Å². The number of para-hydroxylation sites is 1. The van der Waals surface area contributed by atoms with E-state index >= 15 is 0 Å². The largest absolute Gasteiger partial charge is 0.504 e. The topological polar surface area (TPSA) is 111 Å². The highest BCUT2D eigenvalue weighted by atomic mass is 16.3. The van der Waals surface area contributed by atoms with Crippen molar-refractivity contribution >= 4 is 5.91 Å². The lowest BCUT2D eigenvalue weighted by Gasteiger charge is -2.10. The van der Waals surface area contributed by atoms with Gasteiger partial charge in [-0.3, -0.25) is 4.79 Å². The van der Waals surface area contributed by atoms with Gasteiger partial charge in [-0.2, -0.15) is 0 Å². The Labute approximate surface area is 137 Å². The van der Waals surface area contributed by atoms with Crippen LogP contribution in [0.25, 0.3) is 22.8 Å². The van der Waals surface area contributed by atoms with Crippen LogP contribution in [0.5, 0.6) is 11.5 Å². The molecule has 0 bridgehead atoms. The smallest absolute Gasteiger partial charge is 0.253 e. The number of nitrogens with zero attached hydrogens (tertiary/aromatic N) is 2. The number of carbonyl (C=O) groups is 1. The molecule has 2 aromatic heterocycles.